The average molecular weight is 728 g/mol. The van der Waals surface area contributed by atoms with Gasteiger partial charge in [0, 0.05) is 16.5 Å². The second-order valence-corrected chi connectivity index (χ2v) is 14.5. The molecular weight excluding hydrogens is 651 g/mol. The topological polar surface area (TPSA) is 24.7 Å². The summed E-state index contributed by atoms with van der Waals surface area (Å²) in [6.45, 7) is 11.3. The quantitative estimate of drug-likeness (QED) is 0.0435. The summed E-state index contributed by atoms with van der Waals surface area (Å²) in [4.78, 5) is 10.7. The second-order valence-electron chi connectivity index (χ2n) is 14.5. The van der Waals surface area contributed by atoms with Crippen LogP contribution in [0.5, 0.6) is 0 Å². The Morgan fingerprint density at radius 2 is 0.940 bits per heavy atom. The van der Waals surface area contributed by atoms with Gasteiger partial charge in [-0.05, 0) is 92.3 Å². The minimum absolute atomic E-state index is 0. The van der Waals surface area contributed by atoms with E-state index in [4.69, 9.17) is 9.98 Å². The maximum absolute atomic E-state index is 5.33. The zero-order valence-corrected chi connectivity index (χ0v) is 34.3. The monoisotopic (exact) mass is 727 g/mol. The van der Waals surface area contributed by atoms with Crippen molar-refractivity contribution in [2.24, 2.45) is 9.98 Å². The zero-order chi connectivity index (χ0) is 35.2. The van der Waals surface area contributed by atoms with Crippen molar-refractivity contribution in [3.8, 4) is 0 Å². The fourth-order valence-electron chi connectivity index (χ4n) is 6.67. The van der Waals surface area contributed by atoms with Crippen molar-refractivity contribution in [1.29, 1.82) is 0 Å². The van der Waals surface area contributed by atoms with Gasteiger partial charge in [0.05, 0.1) is 22.8 Å². The molecule has 0 saturated carbocycles. The Morgan fingerprint density at radius 3 is 1.46 bits per heavy atom. The molecule has 2 rings (SSSR count). The third-order valence-corrected chi connectivity index (χ3v) is 9.90. The molecule has 0 radical (unpaired) electrons. The Bertz CT molecular complexity index is 1170. The minimum Gasteiger partial charge on any atom is -0.252 e. The van der Waals surface area contributed by atoms with Crippen molar-refractivity contribution in [2.45, 2.75) is 202 Å². The summed E-state index contributed by atoms with van der Waals surface area (Å²) in [7, 11) is 0. The van der Waals surface area contributed by atoms with Crippen LogP contribution in [0.15, 0.2) is 58.5 Å². The van der Waals surface area contributed by atoms with Crippen LogP contribution in [0, 0.1) is 0 Å². The minimum atomic E-state index is 0. The van der Waals surface area contributed by atoms with E-state index in [0.29, 0.717) is 0 Å². The zero-order valence-electron chi connectivity index (χ0n) is 33.3. The molecule has 0 aliphatic heterocycles. The molecule has 0 saturated heterocycles. The van der Waals surface area contributed by atoms with E-state index < -0.39 is 0 Å². The maximum atomic E-state index is 5.33. The van der Waals surface area contributed by atoms with E-state index in [9.17, 15) is 0 Å². The fourth-order valence-corrected chi connectivity index (χ4v) is 6.67. The molecule has 0 aliphatic rings. The van der Waals surface area contributed by atoms with Gasteiger partial charge in [0.15, 0.2) is 0 Å². The van der Waals surface area contributed by atoms with Crippen LogP contribution < -0.4 is 0 Å². The van der Waals surface area contributed by atoms with Gasteiger partial charge in [-0.2, -0.15) is 0 Å². The third-order valence-electron chi connectivity index (χ3n) is 9.90. The van der Waals surface area contributed by atoms with Gasteiger partial charge in [0.1, 0.15) is 0 Å². The standard InChI is InChI=1S/C47H76N2.Ni/c1-6-11-14-16-17-18-19-20-21-22-23-24-25-26-27-28-29-32-43-33-31-34-44(40-43)48-47(36-30-15-12-7-2)46(35-13-8-3)49-45-38-41(9-4)37-42(10-5)39-45;/h29,31-34,37-40H,6-28,30,35-36H2,1-5H3;. The van der Waals surface area contributed by atoms with Crippen molar-refractivity contribution in [1.82, 2.24) is 0 Å². The molecule has 0 aromatic heterocycles. The van der Waals surface area contributed by atoms with E-state index in [-0.39, 0.29) is 16.5 Å². The van der Waals surface area contributed by atoms with E-state index in [1.165, 1.54) is 157 Å². The number of aliphatic imine (C=N–C) groups is 2. The molecule has 0 fully saturated rings. The first-order chi connectivity index (χ1) is 24.1. The Labute approximate surface area is 320 Å². The van der Waals surface area contributed by atoms with Crippen LogP contribution in [0.3, 0.4) is 0 Å². The van der Waals surface area contributed by atoms with Crippen molar-refractivity contribution in [3.05, 3.63) is 65.2 Å². The summed E-state index contributed by atoms with van der Waals surface area (Å²) in [5.74, 6) is 0. The summed E-state index contributed by atoms with van der Waals surface area (Å²) in [6, 6.07) is 15.7. The molecule has 284 valence electrons. The third kappa shape index (κ3) is 22.1. The van der Waals surface area contributed by atoms with Gasteiger partial charge < -0.3 is 0 Å². The molecule has 0 N–H and O–H groups in total. The van der Waals surface area contributed by atoms with Gasteiger partial charge in [0.25, 0.3) is 0 Å². The normalized spacial score (nSPS) is 12.2. The Balaban J connectivity index is 0.0000125. The molecule has 0 aliphatic carbocycles. The number of nitrogens with zero attached hydrogens (tertiary/aromatic N) is 2. The first kappa shape index (κ1) is 46.0. The molecule has 50 heavy (non-hydrogen) atoms. The van der Waals surface area contributed by atoms with Gasteiger partial charge in [0.2, 0.25) is 0 Å². The number of benzene rings is 2. The predicted molar refractivity (Wildman–Crippen MR) is 223 cm³/mol. The van der Waals surface area contributed by atoms with E-state index >= 15 is 0 Å². The van der Waals surface area contributed by atoms with Crippen LogP contribution >= 0.6 is 0 Å². The summed E-state index contributed by atoms with van der Waals surface area (Å²) >= 11 is 0. The van der Waals surface area contributed by atoms with Gasteiger partial charge >= 0.3 is 0 Å². The van der Waals surface area contributed by atoms with Crippen LogP contribution in [0.1, 0.15) is 205 Å². The van der Waals surface area contributed by atoms with Crippen molar-refractivity contribution in [3.63, 3.8) is 0 Å². The molecule has 3 heteroatoms. The molecule has 0 unspecified atom stereocenters. The van der Waals surface area contributed by atoms with Gasteiger partial charge in [-0.3, -0.25) is 9.98 Å². The molecule has 0 amide bonds. The largest absolute Gasteiger partial charge is 0.252 e. The number of hydrogen-bond acceptors (Lipinski definition) is 2. The molecule has 0 bridgehead atoms. The number of unbranched alkanes of at least 4 members (excludes halogenated alkanes) is 19. The van der Waals surface area contributed by atoms with E-state index in [1.807, 2.05) is 0 Å². The number of aryl methyl sites for hydroxylation is 2. The molecule has 2 aromatic carbocycles. The maximum Gasteiger partial charge on any atom is 0.0639 e. The second kappa shape index (κ2) is 31.7. The smallest absolute Gasteiger partial charge is 0.0639 e. The Morgan fingerprint density at radius 1 is 0.480 bits per heavy atom. The van der Waals surface area contributed by atoms with Crippen molar-refractivity contribution < 1.29 is 16.5 Å². The molecular formula is C47H76N2Ni. The SMILES string of the molecule is CCCCCCCCCCCCCCCCCC=Cc1cccc(N=C(CCCCCC)C(CCCC)=Nc2cc(CC)cc(CC)c2)c1.[Ni]. The number of hydrogen-bond donors (Lipinski definition) is 0. The molecule has 0 atom stereocenters. The predicted octanol–water partition coefficient (Wildman–Crippen LogP) is 16.1. The summed E-state index contributed by atoms with van der Waals surface area (Å²) in [5.41, 5.74) is 8.52. The van der Waals surface area contributed by atoms with Crippen LogP contribution in [-0.4, -0.2) is 11.4 Å². The average Bonchev–Trinajstić information content (AvgIpc) is 3.12. The molecule has 0 spiro atoms. The fraction of sp³-hybridized carbons (Fsp3) is 0.660. The van der Waals surface area contributed by atoms with E-state index in [2.05, 4.69) is 89.2 Å². The van der Waals surface area contributed by atoms with Gasteiger partial charge in [-0.1, -0.05) is 181 Å². The van der Waals surface area contributed by atoms with Crippen molar-refractivity contribution in [2.75, 3.05) is 0 Å². The van der Waals surface area contributed by atoms with Crippen LogP contribution in [0.2, 0.25) is 0 Å². The van der Waals surface area contributed by atoms with E-state index in [0.717, 1.165) is 49.9 Å². The summed E-state index contributed by atoms with van der Waals surface area (Å²) in [6.07, 6.45) is 38.4. The summed E-state index contributed by atoms with van der Waals surface area (Å²) in [5, 5.41) is 0. The van der Waals surface area contributed by atoms with Gasteiger partial charge in [-0.25, -0.2) is 0 Å². The van der Waals surface area contributed by atoms with Crippen molar-refractivity contribution >= 4 is 28.9 Å². The van der Waals surface area contributed by atoms with E-state index in [1.54, 1.807) is 0 Å². The summed E-state index contributed by atoms with van der Waals surface area (Å²) < 4.78 is 0. The molecule has 2 aromatic rings. The number of allylic oxidation sites excluding steroid dienone is 1. The number of rotatable bonds is 30. The van der Waals surface area contributed by atoms with Gasteiger partial charge in [-0.15, -0.1) is 0 Å². The Kier molecular flexibility index (Phi) is 29.2. The Hall–Kier alpha value is -1.99. The van der Waals surface area contributed by atoms with Crippen LogP contribution in [-0.2, 0) is 29.3 Å². The van der Waals surface area contributed by atoms with Crippen LogP contribution in [0.4, 0.5) is 11.4 Å². The first-order valence-electron chi connectivity index (χ1n) is 21.2. The first-order valence-corrected chi connectivity index (χ1v) is 21.2. The van der Waals surface area contributed by atoms with Crippen LogP contribution in [0.25, 0.3) is 6.08 Å². The molecule has 2 nitrogen and oxygen atoms in total. The molecule has 0 heterocycles.